The Morgan fingerprint density at radius 2 is 1.68 bits per heavy atom. The second-order valence-corrected chi connectivity index (χ2v) is 7.66. The van der Waals surface area contributed by atoms with Gasteiger partial charge in [0.05, 0.1) is 5.60 Å². The zero-order valence-electron chi connectivity index (χ0n) is 14.1. The summed E-state index contributed by atoms with van der Waals surface area (Å²) in [6.45, 7) is 1.21. The minimum absolute atomic E-state index is 0.115. The topological polar surface area (TPSA) is 40.5 Å². The highest BCUT2D eigenvalue weighted by atomic mass is 35.5. The lowest BCUT2D eigenvalue weighted by atomic mass is 9.84. The van der Waals surface area contributed by atoms with Crippen LogP contribution in [0.2, 0.25) is 5.02 Å². The monoisotopic (exact) mass is 355 g/mol. The fourth-order valence-electron chi connectivity index (χ4n) is 3.92. The van der Waals surface area contributed by atoms with E-state index >= 15 is 0 Å². The first kappa shape index (κ1) is 16.6. The normalized spacial score (nSPS) is 24.8. The molecule has 0 radical (unpaired) electrons. The molecule has 1 N–H and O–H groups in total. The Morgan fingerprint density at radius 1 is 1.04 bits per heavy atom. The van der Waals surface area contributed by atoms with Gasteiger partial charge in [-0.3, -0.25) is 4.79 Å². The number of aliphatic hydroxyl groups is 1. The Hall–Kier alpha value is -1.84. The summed E-state index contributed by atoms with van der Waals surface area (Å²) < 4.78 is 0. The third-order valence-corrected chi connectivity index (χ3v) is 5.87. The quantitative estimate of drug-likeness (QED) is 0.905. The Morgan fingerprint density at radius 3 is 2.32 bits per heavy atom. The number of carbonyl (C=O) groups excluding carboxylic acids is 1. The van der Waals surface area contributed by atoms with Gasteiger partial charge in [0.2, 0.25) is 5.91 Å². The summed E-state index contributed by atoms with van der Waals surface area (Å²) in [6.07, 6.45) is 2.09. The van der Waals surface area contributed by atoms with Crippen molar-refractivity contribution in [1.29, 1.82) is 0 Å². The van der Waals surface area contributed by atoms with Gasteiger partial charge in [-0.2, -0.15) is 0 Å². The summed E-state index contributed by atoms with van der Waals surface area (Å²) in [7, 11) is 0. The third kappa shape index (κ3) is 3.31. The van der Waals surface area contributed by atoms with E-state index in [-0.39, 0.29) is 11.8 Å². The van der Waals surface area contributed by atoms with Crippen molar-refractivity contribution >= 4 is 17.5 Å². The van der Waals surface area contributed by atoms with E-state index in [1.54, 1.807) is 12.1 Å². The van der Waals surface area contributed by atoms with E-state index in [0.717, 1.165) is 12.0 Å². The number of amides is 1. The van der Waals surface area contributed by atoms with Gasteiger partial charge in [-0.1, -0.05) is 54.1 Å². The molecule has 4 rings (SSSR count). The molecule has 2 aromatic rings. The molecule has 1 saturated heterocycles. The van der Waals surface area contributed by atoms with E-state index < -0.39 is 5.60 Å². The minimum atomic E-state index is -0.857. The van der Waals surface area contributed by atoms with Gasteiger partial charge in [-0.05, 0) is 48.4 Å². The number of hydrogen-bond acceptors (Lipinski definition) is 2. The van der Waals surface area contributed by atoms with E-state index in [4.69, 9.17) is 11.6 Å². The molecule has 1 saturated carbocycles. The molecule has 2 unspecified atom stereocenters. The molecule has 0 aromatic heterocycles. The van der Waals surface area contributed by atoms with Crippen LogP contribution < -0.4 is 0 Å². The van der Waals surface area contributed by atoms with Crippen LogP contribution in [0.1, 0.15) is 36.3 Å². The van der Waals surface area contributed by atoms with E-state index in [1.807, 2.05) is 35.2 Å². The smallest absolute Gasteiger partial charge is 0.226 e. The fraction of sp³-hybridized carbons (Fsp3) is 0.381. The van der Waals surface area contributed by atoms with E-state index in [0.29, 0.717) is 36.9 Å². The zero-order chi connectivity index (χ0) is 17.4. The van der Waals surface area contributed by atoms with Crippen LogP contribution in [0.3, 0.4) is 0 Å². The Balaban J connectivity index is 1.37. The highest BCUT2D eigenvalue weighted by Crippen LogP contribution is 2.49. The van der Waals surface area contributed by atoms with Crippen LogP contribution in [-0.2, 0) is 10.4 Å². The number of carbonyl (C=O) groups is 1. The molecule has 4 heteroatoms. The van der Waals surface area contributed by atoms with Crippen molar-refractivity contribution in [1.82, 2.24) is 4.90 Å². The number of piperidine rings is 1. The van der Waals surface area contributed by atoms with Crippen molar-refractivity contribution in [2.24, 2.45) is 5.92 Å². The molecular weight excluding hydrogens is 334 g/mol. The molecule has 0 bridgehead atoms. The third-order valence-electron chi connectivity index (χ3n) is 5.62. The lowest BCUT2D eigenvalue weighted by molar-refractivity contribution is -0.137. The molecule has 1 aliphatic carbocycles. The van der Waals surface area contributed by atoms with Crippen LogP contribution in [0.15, 0.2) is 54.6 Å². The Labute approximate surface area is 153 Å². The first-order valence-electron chi connectivity index (χ1n) is 8.89. The van der Waals surface area contributed by atoms with Gasteiger partial charge in [0.15, 0.2) is 0 Å². The number of likely N-dealkylation sites (tertiary alicyclic amines) is 1. The maximum atomic E-state index is 12.8. The van der Waals surface area contributed by atoms with Gasteiger partial charge in [-0.25, -0.2) is 0 Å². The van der Waals surface area contributed by atoms with Crippen molar-refractivity contribution in [2.45, 2.75) is 30.8 Å². The molecular formula is C21H22ClNO2. The molecule has 2 aromatic carbocycles. The summed E-state index contributed by atoms with van der Waals surface area (Å²) >= 11 is 5.93. The molecule has 130 valence electrons. The van der Waals surface area contributed by atoms with Crippen molar-refractivity contribution in [3.05, 3.63) is 70.7 Å². The Kier molecular flexibility index (Phi) is 4.30. The van der Waals surface area contributed by atoms with Crippen LogP contribution in [0.4, 0.5) is 0 Å². The fourth-order valence-corrected chi connectivity index (χ4v) is 4.04. The standard InChI is InChI=1S/C21H22ClNO2/c22-17-8-6-16(7-9-17)21(25)10-12-23(13-11-21)20(24)19-14-18(19)15-4-2-1-3-5-15/h1-9,18-19,25H,10-14H2. The largest absolute Gasteiger partial charge is 0.385 e. The summed E-state index contributed by atoms with van der Waals surface area (Å²) in [5.41, 5.74) is 1.29. The lowest BCUT2D eigenvalue weighted by Crippen LogP contribution is -2.45. The number of halogens is 1. The number of hydrogen-bond donors (Lipinski definition) is 1. The molecule has 3 nitrogen and oxygen atoms in total. The summed E-state index contributed by atoms with van der Waals surface area (Å²) in [6, 6.07) is 17.6. The van der Waals surface area contributed by atoms with E-state index in [2.05, 4.69) is 12.1 Å². The molecule has 2 atom stereocenters. The first-order chi connectivity index (χ1) is 12.1. The molecule has 25 heavy (non-hydrogen) atoms. The molecule has 2 fully saturated rings. The van der Waals surface area contributed by atoms with Crippen molar-refractivity contribution in [3.8, 4) is 0 Å². The highest BCUT2D eigenvalue weighted by Gasteiger charge is 2.47. The molecule has 1 aliphatic heterocycles. The summed E-state index contributed by atoms with van der Waals surface area (Å²) in [5, 5.41) is 11.6. The van der Waals surface area contributed by atoms with Crippen LogP contribution in [-0.4, -0.2) is 29.0 Å². The molecule has 1 amide bonds. The Bertz CT molecular complexity index is 751. The maximum absolute atomic E-state index is 12.8. The first-order valence-corrected chi connectivity index (χ1v) is 9.27. The van der Waals surface area contributed by atoms with Crippen LogP contribution in [0.5, 0.6) is 0 Å². The van der Waals surface area contributed by atoms with Crippen LogP contribution in [0.25, 0.3) is 0 Å². The van der Waals surface area contributed by atoms with Gasteiger partial charge < -0.3 is 10.0 Å². The van der Waals surface area contributed by atoms with Gasteiger partial charge in [0.25, 0.3) is 0 Å². The van der Waals surface area contributed by atoms with Gasteiger partial charge in [0, 0.05) is 24.0 Å². The lowest BCUT2D eigenvalue weighted by Gasteiger charge is -2.38. The second kappa shape index (κ2) is 6.47. The van der Waals surface area contributed by atoms with Gasteiger partial charge >= 0.3 is 0 Å². The van der Waals surface area contributed by atoms with E-state index in [1.165, 1.54) is 5.56 Å². The van der Waals surface area contributed by atoms with E-state index in [9.17, 15) is 9.90 Å². The number of benzene rings is 2. The van der Waals surface area contributed by atoms with Crippen LogP contribution in [0, 0.1) is 5.92 Å². The minimum Gasteiger partial charge on any atom is -0.385 e. The highest BCUT2D eigenvalue weighted by molar-refractivity contribution is 6.30. The number of rotatable bonds is 3. The van der Waals surface area contributed by atoms with Crippen molar-refractivity contribution < 1.29 is 9.90 Å². The van der Waals surface area contributed by atoms with Gasteiger partial charge in [-0.15, -0.1) is 0 Å². The predicted octanol–water partition coefficient (Wildman–Crippen LogP) is 3.95. The predicted molar refractivity (Wildman–Crippen MR) is 98.5 cm³/mol. The van der Waals surface area contributed by atoms with Crippen molar-refractivity contribution in [2.75, 3.05) is 13.1 Å². The average molecular weight is 356 g/mol. The summed E-state index contributed by atoms with van der Waals surface area (Å²) in [4.78, 5) is 14.7. The number of nitrogens with zero attached hydrogens (tertiary/aromatic N) is 1. The van der Waals surface area contributed by atoms with Gasteiger partial charge in [0.1, 0.15) is 0 Å². The average Bonchev–Trinajstić information content (AvgIpc) is 3.44. The maximum Gasteiger partial charge on any atom is 0.226 e. The second-order valence-electron chi connectivity index (χ2n) is 7.22. The molecule has 2 aliphatic rings. The molecule has 1 heterocycles. The zero-order valence-corrected chi connectivity index (χ0v) is 14.8. The van der Waals surface area contributed by atoms with Crippen molar-refractivity contribution in [3.63, 3.8) is 0 Å². The summed E-state index contributed by atoms with van der Waals surface area (Å²) in [5.74, 6) is 0.724. The SMILES string of the molecule is O=C(C1CC1c1ccccc1)N1CCC(O)(c2ccc(Cl)cc2)CC1. The molecule has 0 spiro atoms. The van der Waals surface area contributed by atoms with Crippen LogP contribution >= 0.6 is 11.6 Å².